The zero-order valence-corrected chi connectivity index (χ0v) is 16.4. The number of hydrogen-bond acceptors (Lipinski definition) is 5. The molecule has 0 amide bonds. The Kier molecular flexibility index (Phi) is 4.37. The highest BCUT2D eigenvalue weighted by Crippen LogP contribution is 2.33. The van der Waals surface area contributed by atoms with Crippen molar-refractivity contribution in [2.45, 2.75) is 25.7 Å². The fourth-order valence-electron chi connectivity index (χ4n) is 4.49. The van der Waals surface area contributed by atoms with E-state index in [2.05, 4.69) is 27.0 Å². The lowest BCUT2D eigenvalue weighted by molar-refractivity contribution is 0.0516. The highest BCUT2D eigenvalue weighted by molar-refractivity contribution is 5.89. The van der Waals surface area contributed by atoms with Gasteiger partial charge in [0.1, 0.15) is 17.3 Å². The third-order valence-electron chi connectivity index (χ3n) is 6.12. The molecule has 1 fully saturated rings. The van der Waals surface area contributed by atoms with Crippen molar-refractivity contribution in [3.63, 3.8) is 0 Å². The molecule has 5 rings (SSSR count). The number of nitrogens with zero attached hydrogens (tertiary/aromatic N) is 4. The summed E-state index contributed by atoms with van der Waals surface area (Å²) in [4.78, 5) is 21.6. The van der Waals surface area contributed by atoms with Gasteiger partial charge in [0.25, 0.3) is 0 Å². The molecule has 0 aliphatic carbocycles. The van der Waals surface area contributed by atoms with Gasteiger partial charge in [0.15, 0.2) is 0 Å². The second-order valence-electron chi connectivity index (χ2n) is 8.13. The van der Waals surface area contributed by atoms with Crippen LogP contribution in [0.1, 0.15) is 12.5 Å². The predicted molar refractivity (Wildman–Crippen MR) is 111 cm³/mol. The van der Waals surface area contributed by atoms with Gasteiger partial charge in [0.2, 0.25) is 0 Å². The molecule has 29 heavy (non-hydrogen) atoms. The number of aromatic nitrogens is 2. The summed E-state index contributed by atoms with van der Waals surface area (Å²) in [6.45, 7) is 7.22. The molecule has 1 atom stereocenters. The summed E-state index contributed by atoms with van der Waals surface area (Å²) in [5, 5.41) is 4.60. The Bertz CT molecular complexity index is 1100. The molecule has 1 unspecified atom stereocenters. The zero-order valence-electron chi connectivity index (χ0n) is 16.4. The molecule has 1 aromatic heterocycles. The lowest BCUT2D eigenvalue weighted by Crippen LogP contribution is -2.59. The van der Waals surface area contributed by atoms with E-state index in [1.165, 1.54) is 12.1 Å². The zero-order chi connectivity index (χ0) is 20.0. The Labute approximate surface area is 168 Å². The number of benzene rings is 2. The Balaban J connectivity index is 1.31. The molecule has 0 spiro atoms. The third-order valence-corrected chi connectivity index (χ3v) is 6.12. The van der Waals surface area contributed by atoms with E-state index in [0.29, 0.717) is 6.54 Å². The van der Waals surface area contributed by atoms with Crippen LogP contribution in [0.3, 0.4) is 0 Å². The molecule has 0 saturated carbocycles. The Morgan fingerprint density at radius 2 is 1.79 bits per heavy atom. The van der Waals surface area contributed by atoms with Crippen LogP contribution in [-0.2, 0) is 13.1 Å². The summed E-state index contributed by atoms with van der Waals surface area (Å²) in [5.41, 5.74) is 1.33. The summed E-state index contributed by atoms with van der Waals surface area (Å²) < 4.78 is 14.9. The summed E-state index contributed by atoms with van der Waals surface area (Å²) in [5.74, 6) is 0.660. The minimum absolute atomic E-state index is 0.198. The normalized spacial score (nSPS) is 22.6. The first-order valence-corrected chi connectivity index (χ1v) is 10.0. The topological polar surface area (TPSA) is 53.4 Å². The SMILES string of the molecule is CC1(N2CCN(Cc3ccc(F)cc3)CC2)Cn2c(c3ccccc3nc2=O)N1. The molecule has 3 heterocycles. The van der Waals surface area contributed by atoms with Crippen LogP contribution in [0.2, 0.25) is 0 Å². The van der Waals surface area contributed by atoms with E-state index >= 15 is 0 Å². The second kappa shape index (κ2) is 6.93. The number of nitrogens with one attached hydrogen (secondary N) is 1. The van der Waals surface area contributed by atoms with Gasteiger partial charge in [-0.25, -0.2) is 9.18 Å². The molecular formula is C22H24FN5O. The van der Waals surface area contributed by atoms with Crippen molar-refractivity contribution < 1.29 is 4.39 Å². The monoisotopic (exact) mass is 393 g/mol. The minimum Gasteiger partial charge on any atom is -0.351 e. The van der Waals surface area contributed by atoms with Crippen molar-refractivity contribution in [2.75, 3.05) is 31.5 Å². The third kappa shape index (κ3) is 3.30. The smallest absolute Gasteiger partial charge is 0.349 e. The lowest BCUT2D eigenvalue weighted by atomic mass is 10.1. The van der Waals surface area contributed by atoms with E-state index in [9.17, 15) is 9.18 Å². The molecule has 6 nitrogen and oxygen atoms in total. The number of anilines is 1. The lowest BCUT2D eigenvalue weighted by Gasteiger charge is -2.43. The maximum atomic E-state index is 13.1. The van der Waals surface area contributed by atoms with Gasteiger partial charge in [0, 0.05) is 38.1 Å². The van der Waals surface area contributed by atoms with Crippen LogP contribution >= 0.6 is 0 Å². The van der Waals surface area contributed by atoms with Crippen molar-refractivity contribution >= 4 is 16.7 Å². The predicted octanol–water partition coefficient (Wildman–Crippen LogP) is 2.50. The molecule has 2 aromatic carbocycles. The van der Waals surface area contributed by atoms with Gasteiger partial charge < -0.3 is 5.32 Å². The number of piperazine rings is 1. The first-order valence-electron chi connectivity index (χ1n) is 10.0. The van der Waals surface area contributed by atoms with Crippen LogP contribution in [-0.4, -0.2) is 51.2 Å². The molecule has 3 aromatic rings. The van der Waals surface area contributed by atoms with Crippen molar-refractivity contribution in [1.82, 2.24) is 19.4 Å². The van der Waals surface area contributed by atoms with E-state index in [0.717, 1.165) is 55.0 Å². The first kappa shape index (κ1) is 18.3. The molecule has 1 saturated heterocycles. The van der Waals surface area contributed by atoms with Crippen LogP contribution in [0.5, 0.6) is 0 Å². The van der Waals surface area contributed by atoms with Gasteiger partial charge in [-0.3, -0.25) is 14.4 Å². The van der Waals surface area contributed by atoms with Crippen LogP contribution in [0, 0.1) is 5.82 Å². The van der Waals surface area contributed by atoms with Crippen LogP contribution in [0.25, 0.3) is 10.9 Å². The molecule has 0 bridgehead atoms. The summed E-state index contributed by atoms with van der Waals surface area (Å²) in [7, 11) is 0. The standard InChI is InChI=1S/C22H24FN5O/c1-22(15-28-20(25-22)18-4-2-3-5-19(18)24-21(28)29)27-12-10-26(11-13-27)14-16-6-8-17(23)9-7-16/h2-9,25H,10-15H2,1H3. The number of fused-ring (bicyclic) bond motifs is 3. The summed E-state index contributed by atoms with van der Waals surface area (Å²) in [6, 6.07) is 14.5. The van der Waals surface area contributed by atoms with E-state index < -0.39 is 0 Å². The Hall–Kier alpha value is -2.77. The van der Waals surface area contributed by atoms with E-state index in [4.69, 9.17) is 0 Å². The Morgan fingerprint density at radius 3 is 2.55 bits per heavy atom. The molecule has 1 N–H and O–H groups in total. The van der Waals surface area contributed by atoms with Gasteiger partial charge in [-0.05, 0) is 36.8 Å². The minimum atomic E-state index is -0.320. The van der Waals surface area contributed by atoms with Gasteiger partial charge in [0.05, 0.1) is 12.1 Å². The van der Waals surface area contributed by atoms with E-state index in [-0.39, 0.29) is 17.2 Å². The molecule has 2 aliphatic heterocycles. The van der Waals surface area contributed by atoms with Crippen molar-refractivity contribution in [1.29, 1.82) is 0 Å². The molecule has 7 heteroatoms. The van der Waals surface area contributed by atoms with E-state index in [1.807, 2.05) is 36.4 Å². The fraction of sp³-hybridized carbons (Fsp3) is 0.364. The van der Waals surface area contributed by atoms with Crippen LogP contribution in [0.4, 0.5) is 10.2 Å². The maximum absolute atomic E-state index is 13.1. The van der Waals surface area contributed by atoms with Gasteiger partial charge in [-0.1, -0.05) is 24.3 Å². The van der Waals surface area contributed by atoms with Crippen molar-refractivity contribution in [2.24, 2.45) is 0 Å². The number of hydrogen-bond donors (Lipinski definition) is 1. The van der Waals surface area contributed by atoms with Crippen LogP contribution in [0.15, 0.2) is 53.3 Å². The quantitative estimate of drug-likeness (QED) is 0.741. The van der Waals surface area contributed by atoms with Crippen molar-refractivity contribution in [3.05, 3.63) is 70.4 Å². The molecular weight excluding hydrogens is 369 g/mol. The van der Waals surface area contributed by atoms with Crippen molar-refractivity contribution in [3.8, 4) is 0 Å². The molecule has 150 valence electrons. The highest BCUT2D eigenvalue weighted by atomic mass is 19.1. The second-order valence-corrected chi connectivity index (χ2v) is 8.13. The number of para-hydroxylation sites is 1. The summed E-state index contributed by atoms with van der Waals surface area (Å²) in [6.07, 6.45) is 0. The molecule has 0 radical (unpaired) electrons. The number of rotatable bonds is 3. The largest absolute Gasteiger partial charge is 0.351 e. The molecule has 2 aliphatic rings. The average Bonchev–Trinajstić information content (AvgIpc) is 3.10. The summed E-state index contributed by atoms with van der Waals surface area (Å²) >= 11 is 0. The van der Waals surface area contributed by atoms with Crippen LogP contribution < -0.4 is 11.0 Å². The van der Waals surface area contributed by atoms with E-state index in [1.54, 1.807) is 4.57 Å². The average molecular weight is 393 g/mol. The van der Waals surface area contributed by atoms with Gasteiger partial charge in [-0.2, -0.15) is 4.98 Å². The van der Waals surface area contributed by atoms with Gasteiger partial charge in [-0.15, -0.1) is 0 Å². The fourth-order valence-corrected chi connectivity index (χ4v) is 4.49. The number of halogens is 1. The highest BCUT2D eigenvalue weighted by Gasteiger charge is 2.40. The maximum Gasteiger partial charge on any atom is 0.349 e. The first-order chi connectivity index (χ1) is 14.0. The van der Waals surface area contributed by atoms with Gasteiger partial charge >= 0.3 is 5.69 Å². The Morgan fingerprint density at radius 1 is 1.07 bits per heavy atom.